The number of benzene rings is 1. The van der Waals surface area contributed by atoms with E-state index in [4.69, 9.17) is 4.98 Å². The minimum Gasteiger partial charge on any atom is -0.357 e. The van der Waals surface area contributed by atoms with Gasteiger partial charge in [-0.15, -0.1) is 0 Å². The maximum absolute atomic E-state index is 4.81. The Hall–Kier alpha value is -3.14. The average Bonchev–Trinajstić information content (AvgIpc) is 3.24. The van der Waals surface area contributed by atoms with Gasteiger partial charge < -0.3 is 14.1 Å². The number of nitrogens with zero attached hydrogens (tertiary/aromatic N) is 3. The Morgan fingerprint density at radius 3 is 2.76 bits per heavy atom. The number of hydrogen-bond donors (Lipinski definition) is 1. The van der Waals surface area contributed by atoms with Crippen LogP contribution in [0.2, 0.25) is 0 Å². The lowest BCUT2D eigenvalue weighted by Crippen LogP contribution is -2.24. The second kappa shape index (κ2) is 6.40. The van der Waals surface area contributed by atoms with Crippen LogP contribution in [-0.4, -0.2) is 14.5 Å². The van der Waals surface area contributed by atoms with Crippen molar-refractivity contribution in [3.8, 4) is 17.1 Å². The molecule has 4 heteroatoms. The maximum Gasteiger partial charge on any atom is 0.243 e. The van der Waals surface area contributed by atoms with E-state index in [0.717, 1.165) is 34.9 Å². The quantitative estimate of drug-likeness (QED) is 0.452. The van der Waals surface area contributed by atoms with E-state index < -0.39 is 0 Å². The van der Waals surface area contributed by atoms with E-state index >= 15 is 0 Å². The van der Waals surface area contributed by atoms with Crippen LogP contribution in [0.25, 0.3) is 17.1 Å². The number of H-pyrrole nitrogens is 1. The Kier molecular flexibility index (Phi) is 3.94. The van der Waals surface area contributed by atoms with Gasteiger partial charge in [0.25, 0.3) is 0 Å². The Morgan fingerprint density at radius 1 is 1.12 bits per heavy atom. The number of aromatic amines is 1. The van der Waals surface area contributed by atoms with Gasteiger partial charge in [0, 0.05) is 30.2 Å². The highest BCUT2D eigenvalue weighted by Gasteiger charge is 2.05. The summed E-state index contributed by atoms with van der Waals surface area (Å²) in [5, 5.41) is 0. The van der Waals surface area contributed by atoms with Crippen LogP contribution in [0.5, 0.6) is 0 Å². The van der Waals surface area contributed by atoms with Crippen molar-refractivity contribution in [2.24, 2.45) is 7.05 Å². The zero-order chi connectivity index (χ0) is 17.2. The van der Waals surface area contributed by atoms with Gasteiger partial charge >= 0.3 is 0 Å². The van der Waals surface area contributed by atoms with Gasteiger partial charge in [0.1, 0.15) is 0 Å². The minimum atomic E-state index is 0.800. The fraction of sp³-hybridized carbons (Fsp3) is 0.143. The predicted octanol–water partition coefficient (Wildman–Crippen LogP) is 3.39. The number of hydrogen-bond acceptors (Lipinski definition) is 1. The molecule has 0 atom stereocenters. The second-order valence-corrected chi connectivity index (χ2v) is 6.29. The molecule has 0 radical (unpaired) electrons. The van der Waals surface area contributed by atoms with Crippen LogP contribution < -0.4 is 4.57 Å². The van der Waals surface area contributed by atoms with Crippen LogP contribution in [0.3, 0.4) is 0 Å². The summed E-state index contributed by atoms with van der Waals surface area (Å²) in [5.74, 6) is 0. The van der Waals surface area contributed by atoms with E-state index in [9.17, 15) is 0 Å². The molecular weight excluding hydrogens is 308 g/mol. The van der Waals surface area contributed by atoms with Crippen LogP contribution in [-0.2, 0) is 13.5 Å². The molecule has 4 rings (SSSR count). The fourth-order valence-corrected chi connectivity index (χ4v) is 2.95. The van der Waals surface area contributed by atoms with Crippen molar-refractivity contribution in [3.05, 3.63) is 90.3 Å². The summed E-state index contributed by atoms with van der Waals surface area (Å²) in [7, 11) is 1.97. The molecular formula is C21H20N4. The van der Waals surface area contributed by atoms with Gasteiger partial charge in [-0.25, -0.2) is 0 Å². The average molecular weight is 328 g/mol. The summed E-state index contributed by atoms with van der Waals surface area (Å²) >= 11 is 0. The van der Waals surface area contributed by atoms with Gasteiger partial charge in [0.2, 0.25) is 6.33 Å². The normalized spacial score (nSPS) is 11.0. The molecule has 1 N–H and O–H groups in total. The number of imidazole rings is 1. The van der Waals surface area contributed by atoms with Gasteiger partial charge in [-0.05, 0) is 36.8 Å². The first-order chi connectivity index (χ1) is 12.2. The molecule has 0 aliphatic heterocycles. The van der Waals surface area contributed by atoms with Crippen LogP contribution in [0, 0.1) is 13.3 Å². The van der Waals surface area contributed by atoms with Gasteiger partial charge in [-0.1, -0.05) is 30.3 Å². The van der Waals surface area contributed by atoms with Crippen molar-refractivity contribution in [1.29, 1.82) is 0 Å². The third-order valence-corrected chi connectivity index (χ3v) is 4.19. The molecule has 3 heterocycles. The number of nitrogens with one attached hydrogen (secondary N) is 1. The third kappa shape index (κ3) is 3.38. The van der Waals surface area contributed by atoms with E-state index in [2.05, 4.69) is 66.8 Å². The van der Waals surface area contributed by atoms with Gasteiger partial charge in [0.15, 0.2) is 0 Å². The molecule has 0 saturated carbocycles. The van der Waals surface area contributed by atoms with Crippen molar-refractivity contribution < 1.29 is 4.57 Å². The standard InChI is InChI=1S/C21H20N4/c1-16-9-10-21(22-16)20-8-4-6-18(23-20)13-17-5-3-7-19(14-17)25-12-11-24(2)15-25/h3-12,14,22H,13H2,1-2H3. The summed E-state index contributed by atoms with van der Waals surface area (Å²) in [5.41, 5.74) is 6.58. The van der Waals surface area contributed by atoms with E-state index in [1.165, 1.54) is 5.56 Å². The second-order valence-electron chi connectivity index (χ2n) is 6.29. The molecule has 0 spiro atoms. The summed E-state index contributed by atoms with van der Waals surface area (Å²) < 4.78 is 3.91. The Balaban J connectivity index is 1.60. The molecule has 0 aliphatic rings. The van der Waals surface area contributed by atoms with Crippen molar-refractivity contribution in [3.63, 3.8) is 0 Å². The number of aryl methyl sites for hydroxylation is 2. The highest BCUT2D eigenvalue weighted by molar-refractivity contribution is 5.55. The van der Waals surface area contributed by atoms with E-state index in [-0.39, 0.29) is 0 Å². The molecule has 0 amide bonds. The highest BCUT2D eigenvalue weighted by Crippen LogP contribution is 2.18. The Labute approximate surface area is 147 Å². The molecule has 0 aliphatic carbocycles. The summed E-state index contributed by atoms with van der Waals surface area (Å²) in [6.45, 7) is 2.05. The van der Waals surface area contributed by atoms with Gasteiger partial charge in [0.05, 0.1) is 24.1 Å². The van der Waals surface area contributed by atoms with Crippen molar-refractivity contribution in [1.82, 2.24) is 14.5 Å². The van der Waals surface area contributed by atoms with Crippen LogP contribution in [0.15, 0.2) is 67.0 Å². The maximum atomic E-state index is 4.81. The van der Waals surface area contributed by atoms with Crippen molar-refractivity contribution in [2.45, 2.75) is 13.3 Å². The molecule has 25 heavy (non-hydrogen) atoms. The molecule has 1 aromatic carbocycles. The molecule has 0 bridgehead atoms. The molecule has 0 fully saturated rings. The first-order valence-corrected chi connectivity index (χ1v) is 8.35. The largest absolute Gasteiger partial charge is 0.357 e. The number of pyridine rings is 1. The van der Waals surface area contributed by atoms with E-state index in [1.807, 2.05) is 34.6 Å². The Morgan fingerprint density at radius 2 is 2.00 bits per heavy atom. The van der Waals surface area contributed by atoms with Crippen LogP contribution >= 0.6 is 0 Å². The van der Waals surface area contributed by atoms with Crippen LogP contribution in [0.4, 0.5) is 0 Å². The van der Waals surface area contributed by atoms with Crippen LogP contribution in [0.1, 0.15) is 17.0 Å². The monoisotopic (exact) mass is 328 g/mol. The summed E-state index contributed by atoms with van der Waals surface area (Å²) in [6, 6.07) is 18.8. The smallest absolute Gasteiger partial charge is 0.243 e. The van der Waals surface area contributed by atoms with Gasteiger partial charge in [-0.2, -0.15) is 0 Å². The molecule has 124 valence electrons. The first-order valence-electron chi connectivity index (χ1n) is 8.35. The fourth-order valence-electron chi connectivity index (χ4n) is 2.95. The topological polar surface area (TPSA) is 37.5 Å². The molecule has 3 aromatic heterocycles. The minimum absolute atomic E-state index is 0.800. The third-order valence-electron chi connectivity index (χ3n) is 4.19. The van der Waals surface area contributed by atoms with E-state index in [0.29, 0.717) is 0 Å². The first kappa shape index (κ1) is 15.4. The lowest BCUT2D eigenvalue weighted by atomic mass is 10.1. The van der Waals surface area contributed by atoms with Gasteiger partial charge in [-0.3, -0.25) is 4.98 Å². The highest BCUT2D eigenvalue weighted by atomic mass is 15.1. The molecule has 4 nitrogen and oxygen atoms in total. The van der Waals surface area contributed by atoms with E-state index in [1.54, 1.807) is 0 Å². The lowest BCUT2D eigenvalue weighted by Gasteiger charge is -2.07. The Bertz CT molecular complexity index is 928. The zero-order valence-corrected chi connectivity index (χ0v) is 14.4. The lowest BCUT2D eigenvalue weighted by molar-refractivity contribution is -0.674. The molecule has 0 saturated heterocycles. The van der Waals surface area contributed by atoms with Crippen molar-refractivity contribution in [2.75, 3.05) is 0 Å². The molecule has 0 unspecified atom stereocenters. The predicted molar refractivity (Wildman–Crippen MR) is 97.3 cm³/mol. The molecule has 4 aromatic rings. The SMILES string of the molecule is Cc1ccc(-c2cccc(Cc3cccc(-n4[c-][n+](C)cc4)c3)n2)[nH]1. The number of rotatable bonds is 4. The van der Waals surface area contributed by atoms with Crippen molar-refractivity contribution >= 4 is 0 Å². The number of aromatic nitrogens is 4. The summed E-state index contributed by atoms with van der Waals surface area (Å²) in [4.78, 5) is 8.15. The summed E-state index contributed by atoms with van der Waals surface area (Å²) in [6.07, 6.45) is 8.02. The zero-order valence-electron chi connectivity index (χ0n) is 14.4.